The maximum atomic E-state index is 13.9. The van der Waals surface area contributed by atoms with Crippen LogP contribution in [0.1, 0.15) is 48.8 Å². The lowest BCUT2D eigenvalue weighted by Gasteiger charge is -2.34. The van der Waals surface area contributed by atoms with Gasteiger partial charge in [0.25, 0.3) is 0 Å². The molecule has 0 spiro atoms. The number of nitrogens with one attached hydrogen (secondary N) is 4. The smallest absolute Gasteiger partial charge is 0.243 e. The fourth-order valence-electron chi connectivity index (χ4n) is 6.43. The zero-order valence-electron chi connectivity index (χ0n) is 26.9. The number of fused-ring (bicyclic) bond motifs is 4. The zero-order valence-corrected chi connectivity index (χ0v) is 26.9. The number of carbonyl (C=O) groups is 4. The van der Waals surface area contributed by atoms with Crippen LogP contribution in [0.3, 0.4) is 0 Å². The van der Waals surface area contributed by atoms with Gasteiger partial charge in [-0.15, -0.1) is 0 Å². The van der Waals surface area contributed by atoms with Gasteiger partial charge >= 0.3 is 0 Å². The zero-order chi connectivity index (χ0) is 32.3. The van der Waals surface area contributed by atoms with Crippen molar-refractivity contribution in [2.45, 2.75) is 64.1 Å². The Hall–Kier alpha value is -3.96. The molecule has 0 saturated carbocycles. The summed E-state index contributed by atoms with van der Waals surface area (Å²) < 4.78 is 6.11. The molecular weight excluding hydrogens is 584 g/mol. The molecule has 46 heavy (non-hydrogen) atoms. The van der Waals surface area contributed by atoms with Crippen molar-refractivity contribution in [3.8, 4) is 5.75 Å². The monoisotopic (exact) mass is 632 g/mol. The van der Waals surface area contributed by atoms with E-state index in [9.17, 15) is 19.2 Å². The predicted octanol–water partition coefficient (Wildman–Crippen LogP) is 1.53. The SMILES string of the molecule is Cc1ccc2cc1CNC(=O)[C@H](CCc1ccccc1)NC(=O)[C@@H](NC(=O)CN1CCNCC1)CC(=O)N1CCCC(CCO2)C1. The van der Waals surface area contributed by atoms with Crippen molar-refractivity contribution in [3.05, 3.63) is 65.2 Å². The van der Waals surface area contributed by atoms with Gasteiger partial charge in [0.05, 0.1) is 19.6 Å². The van der Waals surface area contributed by atoms with E-state index < -0.39 is 18.0 Å². The molecule has 2 aromatic carbocycles. The molecule has 0 aliphatic carbocycles. The summed E-state index contributed by atoms with van der Waals surface area (Å²) in [6.07, 6.45) is 3.44. The molecule has 3 aliphatic heterocycles. The molecule has 0 aromatic heterocycles. The normalized spacial score (nSPS) is 23.7. The van der Waals surface area contributed by atoms with Gasteiger partial charge < -0.3 is 30.9 Å². The van der Waals surface area contributed by atoms with Crippen molar-refractivity contribution in [2.24, 2.45) is 5.92 Å². The minimum atomic E-state index is -1.10. The number of hydrogen-bond acceptors (Lipinski definition) is 7. The van der Waals surface area contributed by atoms with E-state index in [1.165, 1.54) is 0 Å². The highest BCUT2D eigenvalue weighted by Crippen LogP contribution is 2.23. The Morgan fingerprint density at radius 3 is 2.61 bits per heavy atom. The average molecular weight is 633 g/mol. The van der Waals surface area contributed by atoms with Gasteiger partial charge in [-0.1, -0.05) is 36.4 Å². The van der Waals surface area contributed by atoms with Crippen LogP contribution in [0.15, 0.2) is 48.5 Å². The highest BCUT2D eigenvalue weighted by atomic mass is 16.5. The number of aryl methyl sites for hydroxylation is 2. The third-order valence-electron chi connectivity index (χ3n) is 9.24. The molecule has 3 aliphatic rings. The summed E-state index contributed by atoms with van der Waals surface area (Å²) in [5.41, 5.74) is 3.01. The van der Waals surface area contributed by atoms with Gasteiger partial charge in [-0.25, -0.2) is 0 Å². The van der Waals surface area contributed by atoms with E-state index in [-0.39, 0.29) is 43.1 Å². The molecule has 3 heterocycles. The molecule has 4 N–H and O–H groups in total. The molecule has 3 atom stereocenters. The molecule has 248 valence electrons. The molecule has 2 fully saturated rings. The molecule has 11 heteroatoms. The Morgan fingerprint density at radius 1 is 1.00 bits per heavy atom. The predicted molar refractivity (Wildman–Crippen MR) is 175 cm³/mol. The van der Waals surface area contributed by atoms with E-state index in [2.05, 4.69) is 21.3 Å². The highest BCUT2D eigenvalue weighted by Gasteiger charge is 2.32. The van der Waals surface area contributed by atoms with Crippen molar-refractivity contribution in [1.82, 2.24) is 31.1 Å². The lowest BCUT2D eigenvalue weighted by Crippen LogP contribution is -2.57. The topological polar surface area (TPSA) is 132 Å². The third kappa shape index (κ3) is 9.77. The lowest BCUT2D eigenvalue weighted by atomic mass is 9.94. The number of carbonyl (C=O) groups excluding carboxylic acids is 4. The molecular formula is C35H48N6O5. The number of hydrogen-bond donors (Lipinski definition) is 4. The van der Waals surface area contributed by atoms with Gasteiger partial charge in [-0.05, 0) is 73.8 Å². The van der Waals surface area contributed by atoms with E-state index in [4.69, 9.17) is 4.74 Å². The van der Waals surface area contributed by atoms with Gasteiger partial charge in [0, 0.05) is 45.8 Å². The first-order chi connectivity index (χ1) is 22.3. The minimum Gasteiger partial charge on any atom is -0.494 e. The minimum absolute atomic E-state index is 0.141. The summed E-state index contributed by atoms with van der Waals surface area (Å²) in [5.74, 6) is -0.316. The Balaban J connectivity index is 1.38. The van der Waals surface area contributed by atoms with Crippen molar-refractivity contribution < 1.29 is 23.9 Å². The van der Waals surface area contributed by atoms with Gasteiger partial charge in [0.1, 0.15) is 17.8 Å². The second-order valence-electron chi connectivity index (χ2n) is 12.7. The Kier molecular flexibility index (Phi) is 12.0. The molecule has 4 bridgehead atoms. The van der Waals surface area contributed by atoms with E-state index in [1.807, 2.05) is 65.3 Å². The third-order valence-corrected chi connectivity index (χ3v) is 9.24. The van der Waals surface area contributed by atoms with Gasteiger partial charge in [-0.3, -0.25) is 24.1 Å². The Labute approximate surface area is 271 Å². The second-order valence-corrected chi connectivity index (χ2v) is 12.7. The van der Waals surface area contributed by atoms with Crippen LogP contribution < -0.4 is 26.0 Å². The van der Waals surface area contributed by atoms with Crippen LogP contribution in [0.5, 0.6) is 5.75 Å². The van der Waals surface area contributed by atoms with Crippen molar-refractivity contribution in [1.29, 1.82) is 0 Å². The van der Waals surface area contributed by atoms with E-state index in [0.717, 1.165) is 67.9 Å². The standard InChI is InChI=1S/C35H48N6O5/c1-25-9-11-29-20-28(25)22-37-34(44)30(12-10-26-6-3-2-4-7-26)39-35(45)31(38-32(42)24-40-17-14-36-15-18-40)21-33(43)41-16-5-8-27(23-41)13-19-46-29/h2-4,6-7,9,11,20,27,30-31,36H,5,8,10,12-19,21-24H2,1H3,(H,37,44)(H,38,42)(H,39,45)/t27?,30-,31-/m0/s1. The summed E-state index contributed by atoms with van der Waals surface area (Å²) in [7, 11) is 0. The maximum absolute atomic E-state index is 13.9. The number of nitrogens with zero attached hydrogens (tertiary/aromatic N) is 2. The van der Waals surface area contributed by atoms with Crippen LogP contribution in [-0.2, 0) is 32.1 Å². The fraction of sp³-hybridized carbons (Fsp3) is 0.543. The number of amides is 4. The summed E-state index contributed by atoms with van der Waals surface area (Å²) in [6, 6.07) is 13.7. The van der Waals surface area contributed by atoms with E-state index in [0.29, 0.717) is 32.5 Å². The Bertz CT molecular complexity index is 1350. The van der Waals surface area contributed by atoms with Crippen LogP contribution >= 0.6 is 0 Å². The van der Waals surface area contributed by atoms with Gasteiger partial charge in [0.2, 0.25) is 23.6 Å². The Morgan fingerprint density at radius 2 is 1.80 bits per heavy atom. The first-order valence-corrected chi connectivity index (χ1v) is 16.7. The summed E-state index contributed by atoms with van der Waals surface area (Å²) in [5, 5.41) is 12.0. The molecule has 11 nitrogen and oxygen atoms in total. The number of ether oxygens (including phenoxy) is 1. The number of piperidine rings is 1. The van der Waals surface area contributed by atoms with Crippen LogP contribution in [0.25, 0.3) is 0 Å². The quantitative estimate of drug-likeness (QED) is 0.380. The fourth-order valence-corrected chi connectivity index (χ4v) is 6.43. The van der Waals surface area contributed by atoms with Gasteiger partial charge in [0.15, 0.2) is 0 Å². The van der Waals surface area contributed by atoms with E-state index >= 15 is 0 Å². The van der Waals surface area contributed by atoms with Crippen LogP contribution in [0.2, 0.25) is 0 Å². The molecule has 4 amide bonds. The molecule has 1 unspecified atom stereocenters. The second kappa shape index (κ2) is 16.6. The summed E-state index contributed by atoms with van der Waals surface area (Å²) >= 11 is 0. The number of benzene rings is 2. The van der Waals surface area contributed by atoms with Crippen molar-refractivity contribution >= 4 is 23.6 Å². The van der Waals surface area contributed by atoms with Crippen molar-refractivity contribution in [2.75, 3.05) is 52.4 Å². The largest absolute Gasteiger partial charge is 0.494 e. The first kappa shape index (κ1) is 33.4. The highest BCUT2D eigenvalue weighted by molar-refractivity contribution is 5.95. The molecule has 2 saturated heterocycles. The first-order valence-electron chi connectivity index (χ1n) is 16.7. The lowest BCUT2D eigenvalue weighted by molar-refractivity contribution is -0.138. The molecule has 5 rings (SSSR count). The van der Waals surface area contributed by atoms with E-state index in [1.54, 1.807) is 0 Å². The van der Waals surface area contributed by atoms with Crippen molar-refractivity contribution in [3.63, 3.8) is 0 Å². The van der Waals surface area contributed by atoms with Crippen LogP contribution in [0, 0.1) is 12.8 Å². The van der Waals surface area contributed by atoms with Crippen LogP contribution in [-0.4, -0.2) is 97.9 Å². The van der Waals surface area contributed by atoms with Gasteiger partial charge in [-0.2, -0.15) is 0 Å². The number of piperazine rings is 1. The average Bonchev–Trinajstić information content (AvgIpc) is 3.06. The molecule has 0 radical (unpaired) electrons. The maximum Gasteiger partial charge on any atom is 0.243 e. The number of rotatable bonds is 6. The van der Waals surface area contributed by atoms with Crippen LogP contribution in [0.4, 0.5) is 0 Å². The summed E-state index contributed by atoms with van der Waals surface area (Å²) in [4.78, 5) is 58.2. The summed E-state index contributed by atoms with van der Waals surface area (Å²) in [6.45, 7) is 7.18. The molecule has 2 aromatic rings.